The van der Waals surface area contributed by atoms with E-state index in [1.54, 1.807) is 31.2 Å². The van der Waals surface area contributed by atoms with Gasteiger partial charge in [0.25, 0.3) is 0 Å². The molecule has 2 aromatic rings. The van der Waals surface area contributed by atoms with Gasteiger partial charge in [0.15, 0.2) is 0 Å². The van der Waals surface area contributed by atoms with E-state index in [1.165, 1.54) is 10.9 Å². The number of hydrogen-bond acceptors (Lipinski definition) is 5. The lowest BCUT2D eigenvalue weighted by Gasteiger charge is -1.96. The highest BCUT2D eigenvalue weighted by atomic mass is 16.6. The first-order chi connectivity index (χ1) is 7.56. The number of nitrogens with zero attached hydrogens (tertiary/aromatic N) is 5. The molecular formula is C8H10N6O2. The van der Waals surface area contributed by atoms with Gasteiger partial charge in [-0.1, -0.05) is 0 Å². The van der Waals surface area contributed by atoms with E-state index in [4.69, 9.17) is 0 Å². The van der Waals surface area contributed by atoms with Crippen molar-refractivity contribution in [1.82, 2.24) is 19.6 Å². The molecule has 0 aliphatic heterocycles. The van der Waals surface area contributed by atoms with Crippen molar-refractivity contribution >= 4 is 17.2 Å². The second kappa shape index (κ2) is 3.65. The molecule has 0 spiro atoms. The van der Waals surface area contributed by atoms with Crippen molar-refractivity contribution in [3.8, 4) is 0 Å². The van der Waals surface area contributed by atoms with Crippen LogP contribution >= 0.6 is 0 Å². The van der Waals surface area contributed by atoms with Crippen molar-refractivity contribution in [2.45, 2.75) is 0 Å². The third kappa shape index (κ3) is 1.85. The molecule has 1 N–H and O–H groups in total. The third-order valence-electron chi connectivity index (χ3n) is 1.97. The van der Waals surface area contributed by atoms with Crippen molar-refractivity contribution < 1.29 is 4.92 Å². The van der Waals surface area contributed by atoms with Crippen LogP contribution in [0.2, 0.25) is 0 Å². The molecule has 0 aliphatic carbocycles. The minimum Gasteiger partial charge on any atom is -0.330 e. The molecule has 0 saturated heterocycles. The van der Waals surface area contributed by atoms with Crippen molar-refractivity contribution in [3.05, 3.63) is 28.7 Å². The van der Waals surface area contributed by atoms with Gasteiger partial charge in [0.2, 0.25) is 5.82 Å². The van der Waals surface area contributed by atoms with E-state index in [2.05, 4.69) is 15.5 Å². The van der Waals surface area contributed by atoms with E-state index in [9.17, 15) is 10.1 Å². The lowest BCUT2D eigenvalue weighted by atomic mass is 10.5. The van der Waals surface area contributed by atoms with Gasteiger partial charge in [-0.05, 0) is 0 Å². The van der Waals surface area contributed by atoms with Crippen LogP contribution in [0, 0.1) is 10.1 Å². The Morgan fingerprint density at radius 1 is 1.38 bits per heavy atom. The smallest absolute Gasteiger partial charge is 0.330 e. The predicted molar refractivity (Wildman–Crippen MR) is 56.4 cm³/mol. The van der Waals surface area contributed by atoms with Crippen LogP contribution < -0.4 is 5.32 Å². The summed E-state index contributed by atoms with van der Waals surface area (Å²) in [5, 5.41) is 21.5. The average molecular weight is 222 g/mol. The maximum absolute atomic E-state index is 10.7. The summed E-state index contributed by atoms with van der Waals surface area (Å²) in [5.74, 6) is 0.209. The van der Waals surface area contributed by atoms with Gasteiger partial charge in [0.1, 0.15) is 6.20 Å². The fourth-order valence-electron chi connectivity index (χ4n) is 1.32. The zero-order valence-corrected chi connectivity index (χ0v) is 8.78. The van der Waals surface area contributed by atoms with Crippen LogP contribution in [0.25, 0.3) is 0 Å². The van der Waals surface area contributed by atoms with E-state index >= 15 is 0 Å². The molecule has 8 heteroatoms. The molecule has 0 aliphatic rings. The lowest BCUT2D eigenvalue weighted by Crippen LogP contribution is -1.95. The van der Waals surface area contributed by atoms with Crippen molar-refractivity contribution in [1.29, 1.82) is 0 Å². The van der Waals surface area contributed by atoms with Crippen LogP contribution in [0.15, 0.2) is 18.6 Å². The molecule has 0 amide bonds. The van der Waals surface area contributed by atoms with Gasteiger partial charge in [-0.3, -0.25) is 19.5 Å². The zero-order chi connectivity index (χ0) is 11.7. The first-order valence-corrected chi connectivity index (χ1v) is 4.50. The van der Waals surface area contributed by atoms with Gasteiger partial charge in [0, 0.05) is 20.3 Å². The molecule has 0 fully saturated rings. The number of aromatic nitrogens is 4. The first kappa shape index (κ1) is 10.1. The van der Waals surface area contributed by atoms with Crippen LogP contribution in [0.1, 0.15) is 0 Å². The Bertz CT molecular complexity index is 528. The number of hydrogen-bond donors (Lipinski definition) is 1. The number of nitrogens with one attached hydrogen (secondary N) is 1. The van der Waals surface area contributed by atoms with Crippen LogP contribution in [-0.2, 0) is 14.1 Å². The Morgan fingerprint density at radius 2 is 2.12 bits per heavy atom. The average Bonchev–Trinajstić information content (AvgIpc) is 2.74. The minimum atomic E-state index is -0.480. The molecule has 0 saturated carbocycles. The SMILES string of the molecule is Cn1cc(Nc2nn(C)cc2[N+](=O)[O-])cn1. The second-order valence-electron chi connectivity index (χ2n) is 3.32. The molecule has 0 unspecified atom stereocenters. The second-order valence-corrected chi connectivity index (χ2v) is 3.32. The largest absolute Gasteiger partial charge is 0.331 e. The quantitative estimate of drug-likeness (QED) is 0.612. The summed E-state index contributed by atoms with van der Waals surface area (Å²) in [5.41, 5.74) is 0.593. The summed E-state index contributed by atoms with van der Waals surface area (Å²) in [6.45, 7) is 0. The van der Waals surface area contributed by atoms with E-state index in [0.29, 0.717) is 5.69 Å². The van der Waals surface area contributed by atoms with Gasteiger partial charge in [-0.2, -0.15) is 5.10 Å². The number of aryl methyl sites for hydroxylation is 2. The highest BCUT2D eigenvalue weighted by Crippen LogP contribution is 2.24. The van der Waals surface area contributed by atoms with Crippen molar-refractivity contribution in [3.63, 3.8) is 0 Å². The van der Waals surface area contributed by atoms with Crippen molar-refractivity contribution in [2.24, 2.45) is 14.1 Å². The number of nitro groups is 1. The summed E-state index contributed by atoms with van der Waals surface area (Å²) in [4.78, 5) is 10.2. The molecule has 2 rings (SSSR count). The standard InChI is InChI=1S/C8H10N6O2/c1-12-4-6(3-9-12)10-8-7(14(15)16)5-13(2)11-8/h3-5H,1-2H3,(H,10,11). The number of rotatable bonds is 3. The summed E-state index contributed by atoms with van der Waals surface area (Å²) in [6, 6.07) is 0. The monoisotopic (exact) mass is 222 g/mol. The minimum absolute atomic E-state index is 0.0636. The Morgan fingerprint density at radius 3 is 2.69 bits per heavy atom. The third-order valence-corrected chi connectivity index (χ3v) is 1.97. The fraction of sp³-hybridized carbons (Fsp3) is 0.250. The van der Waals surface area contributed by atoms with Crippen LogP contribution in [-0.4, -0.2) is 24.5 Å². The molecule has 8 nitrogen and oxygen atoms in total. The first-order valence-electron chi connectivity index (χ1n) is 4.50. The molecule has 2 aromatic heterocycles. The Kier molecular flexibility index (Phi) is 2.31. The molecule has 0 radical (unpaired) electrons. The molecule has 0 bridgehead atoms. The van der Waals surface area contributed by atoms with Gasteiger partial charge >= 0.3 is 5.69 Å². The fourth-order valence-corrected chi connectivity index (χ4v) is 1.32. The van der Waals surface area contributed by atoms with Crippen molar-refractivity contribution in [2.75, 3.05) is 5.32 Å². The van der Waals surface area contributed by atoms with E-state index in [0.717, 1.165) is 0 Å². The maximum Gasteiger partial charge on any atom is 0.331 e. The summed E-state index contributed by atoms with van der Waals surface area (Å²) in [6.07, 6.45) is 4.62. The van der Waals surface area contributed by atoms with Gasteiger partial charge in [-0.15, -0.1) is 5.10 Å². The molecule has 84 valence electrons. The van der Waals surface area contributed by atoms with Crippen LogP contribution in [0.5, 0.6) is 0 Å². The van der Waals surface area contributed by atoms with Crippen LogP contribution in [0.4, 0.5) is 17.2 Å². The molecule has 0 aromatic carbocycles. The van der Waals surface area contributed by atoms with Gasteiger partial charge in [0.05, 0.1) is 16.8 Å². The van der Waals surface area contributed by atoms with Gasteiger partial charge < -0.3 is 5.32 Å². The van der Waals surface area contributed by atoms with E-state index in [1.807, 2.05) is 0 Å². The molecular weight excluding hydrogens is 212 g/mol. The Balaban J connectivity index is 2.30. The van der Waals surface area contributed by atoms with E-state index < -0.39 is 4.92 Å². The number of anilines is 2. The van der Waals surface area contributed by atoms with E-state index in [-0.39, 0.29) is 11.5 Å². The molecule has 2 heterocycles. The maximum atomic E-state index is 10.7. The normalized spacial score (nSPS) is 10.4. The highest BCUT2D eigenvalue weighted by molar-refractivity contribution is 5.63. The Hall–Kier alpha value is -2.38. The Labute approximate surface area is 90.6 Å². The molecule has 0 atom stereocenters. The summed E-state index contributed by atoms with van der Waals surface area (Å²) >= 11 is 0. The summed E-state index contributed by atoms with van der Waals surface area (Å²) in [7, 11) is 3.39. The summed E-state index contributed by atoms with van der Waals surface area (Å²) < 4.78 is 2.98. The predicted octanol–water partition coefficient (Wildman–Crippen LogP) is 0.805. The van der Waals surface area contributed by atoms with Gasteiger partial charge in [-0.25, -0.2) is 0 Å². The van der Waals surface area contributed by atoms with Crippen LogP contribution in [0.3, 0.4) is 0 Å². The topological polar surface area (TPSA) is 90.8 Å². The lowest BCUT2D eigenvalue weighted by molar-refractivity contribution is -0.384. The molecule has 16 heavy (non-hydrogen) atoms. The highest BCUT2D eigenvalue weighted by Gasteiger charge is 2.18. The zero-order valence-electron chi connectivity index (χ0n) is 8.78.